The van der Waals surface area contributed by atoms with Crippen LogP contribution in [-0.2, 0) is 6.54 Å². The molecule has 2 N–H and O–H groups in total. The van der Waals surface area contributed by atoms with Gasteiger partial charge in [-0.05, 0) is 68.6 Å². The molecule has 2 aromatic rings. The molecule has 27 heavy (non-hydrogen) atoms. The van der Waals surface area contributed by atoms with Crippen LogP contribution in [0.25, 0.3) is 0 Å². The minimum Gasteiger partial charge on any atom is -0.497 e. The highest BCUT2D eigenvalue weighted by Crippen LogP contribution is 2.27. The number of nitrogens with two attached hydrogens (primary N) is 1. The maximum atomic E-state index is 5.92. The minimum atomic E-state index is 0.282. The number of pyridine rings is 1. The van der Waals surface area contributed by atoms with Crippen molar-refractivity contribution in [2.45, 2.75) is 44.8 Å². The molecule has 1 saturated heterocycles. The van der Waals surface area contributed by atoms with Crippen LogP contribution in [0.2, 0.25) is 0 Å². The van der Waals surface area contributed by atoms with Gasteiger partial charge in [0.1, 0.15) is 5.75 Å². The summed E-state index contributed by atoms with van der Waals surface area (Å²) in [4.78, 5) is 9.37. The van der Waals surface area contributed by atoms with E-state index in [1.54, 1.807) is 7.11 Å². The lowest BCUT2D eigenvalue weighted by Gasteiger charge is -2.40. The van der Waals surface area contributed by atoms with Gasteiger partial charge in [0, 0.05) is 49.8 Å². The summed E-state index contributed by atoms with van der Waals surface area (Å²) in [7, 11) is 1.71. The lowest BCUT2D eigenvalue weighted by molar-refractivity contribution is 0.203. The van der Waals surface area contributed by atoms with E-state index in [9.17, 15) is 0 Å². The Morgan fingerprint density at radius 3 is 2.56 bits per heavy atom. The Labute approximate surface area is 163 Å². The van der Waals surface area contributed by atoms with Crippen LogP contribution in [0.3, 0.4) is 0 Å². The Morgan fingerprint density at radius 1 is 1.22 bits per heavy atom. The molecule has 0 bridgehead atoms. The third-order valence-electron chi connectivity index (χ3n) is 5.38. The van der Waals surface area contributed by atoms with Gasteiger partial charge in [-0.2, -0.15) is 0 Å². The molecule has 1 atom stereocenters. The fourth-order valence-corrected chi connectivity index (χ4v) is 3.73. The zero-order chi connectivity index (χ0) is 19.1. The van der Waals surface area contributed by atoms with Crippen molar-refractivity contribution in [3.63, 3.8) is 0 Å². The van der Waals surface area contributed by atoms with Gasteiger partial charge in [0.05, 0.1) is 7.11 Å². The number of nitrogens with zero attached hydrogens (tertiary/aromatic N) is 3. The van der Waals surface area contributed by atoms with Crippen LogP contribution in [0.5, 0.6) is 5.75 Å². The first-order valence-corrected chi connectivity index (χ1v) is 9.93. The van der Waals surface area contributed by atoms with Gasteiger partial charge in [-0.1, -0.05) is 6.07 Å². The van der Waals surface area contributed by atoms with E-state index in [0.29, 0.717) is 6.04 Å². The van der Waals surface area contributed by atoms with E-state index in [0.717, 1.165) is 38.3 Å². The monoisotopic (exact) mass is 368 g/mol. The van der Waals surface area contributed by atoms with Gasteiger partial charge in [-0.15, -0.1) is 0 Å². The first kappa shape index (κ1) is 19.6. The molecule has 0 saturated carbocycles. The van der Waals surface area contributed by atoms with Crippen molar-refractivity contribution in [1.29, 1.82) is 0 Å². The summed E-state index contributed by atoms with van der Waals surface area (Å²) in [5.41, 5.74) is 8.41. The van der Waals surface area contributed by atoms with Gasteiger partial charge in [0.2, 0.25) is 0 Å². The van der Waals surface area contributed by atoms with Crippen molar-refractivity contribution < 1.29 is 4.74 Å². The first-order valence-electron chi connectivity index (χ1n) is 9.93. The smallest absolute Gasteiger partial charge is 0.119 e. The number of ether oxygens (including phenoxy) is 1. The molecule has 1 aliphatic heterocycles. The molecule has 0 radical (unpaired) electrons. The van der Waals surface area contributed by atoms with Crippen molar-refractivity contribution in [2.24, 2.45) is 5.73 Å². The minimum absolute atomic E-state index is 0.282. The van der Waals surface area contributed by atoms with Crippen LogP contribution in [-0.4, -0.2) is 48.7 Å². The second-order valence-corrected chi connectivity index (χ2v) is 7.53. The summed E-state index contributed by atoms with van der Waals surface area (Å²) in [5.74, 6) is 0.894. The summed E-state index contributed by atoms with van der Waals surface area (Å²) in [6.45, 7) is 6.35. The Morgan fingerprint density at radius 2 is 1.96 bits per heavy atom. The molecule has 1 unspecified atom stereocenters. The molecule has 0 amide bonds. The Kier molecular flexibility index (Phi) is 7.07. The van der Waals surface area contributed by atoms with Crippen molar-refractivity contribution in [1.82, 2.24) is 9.88 Å². The molecule has 0 aliphatic carbocycles. The standard InChI is InChI=1S/C22H32N4O/c1-18(23)9-13-25-14-10-21(11-15-25)26(17-19-4-3-12-24-16-19)20-5-7-22(27-2)8-6-20/h3-8,12,16,18,21H,9-11,13-15,17,23H2,1-2H3. The van der Waals surface area contributed by atoms with E-state index in [2.05, 4.69) is 39.9 Å². The molecule has 1 aliphatic rings. The van der Waals surface area contributed by atoms with Gasteiger partial charge in [0.25, 0.3) is 0 Å². The van der Waals surface area contributed by atoms with Crippen molar-refractivity contribution >= 4 is 5.69 Å². The van der Waals surface area contributed by atoms with Gasteiger partial charge in [0.15, 0.2) is 0 Å². The fourth-order valence-electron chi connectivity index (χ4n) is 3.73. The van der Waals surface area contributed by atoms with Crippen molar-refractivity contribution in [3.05, 3.63) is 54.4 Å². The normalized spacial score (nSPS) is 16.9. The molecule has 1 fully saturated rings. The zero-order valence-electron chi connectivity index (χ0n) is 16.6. The third kappa shape index (κ3) is 5.68. The number of hydrogen-bond acceptors (Lipinski definition) is 5. The lowest BCUT2D eigenvalue weighted by atomic mass is 10.0. The predicted molar refractivity (Wildman–Crippen MR) is 111 cm³/mol. The summed E-state index contributed by atoms with van der Waals surface area (Å²) in [6.07, 6.45) is 7.21. The van der Waals surface area contributed by atoms with E-state index in [1.165, 1.54) is 24.1 Å². The lowest BCUT2D eigenvalue weighted by Crippen LogP contribution is -2.45. The maximum Gasteiger partial charge on any atom is 0.119 e. The Hall–Kier alpha value is -2.11. The molecule has 0 spiro atoms. The van der Waals surface area contributed by atoms with Crippen LogP contribution in [0.1, 0.15) is 31.7 Å². The molecule has 1 aromatic carbocycles. The average Bonchev–Trinajstić information content (AvgIpc) is 2.72. The number of likely N-dealkylation sites (tertiary alicyclic amines) is 1. The molecule has 5 heteroatoms. The highest BCUT2D eigenvalue weighted by atomic mass is 16.5. The number of rotatable bonds is 8. The van der Waals surface area contributed by atoms with Crippen LogP contribution >= 0.6 is 0 Å². The molecule has 3 rings (SSSR count). The van der Waals surface area contributed by atoms with E-state index >= 15 is 0 Å². The molecular formula is C22H32N4O. The molecule has 1 aromatic heterocycles. The van der Waals surface area contributed by atoms with E-state index in [4.69, 9.17) is 10.5 Å². The zero-order valence-corrected chi connectivity index (χ0v) is 16.6. The highest BCUT2D eigenvalue weighted by Gasteiger charge is 2.25. The summed E-state index contributed by atoms with van der Waals surface area (Å²) in [6, 6.07) is 13.4. The molecular weight excluding hydrogens is 336 g/mol. The number of aromatic nitrogens is 1. The summed E-state index contributed by atoms with van der Waals surface area (Å²) in [5, 5.41) is 0. The molecule has 5 nitrogen and oxygen atoms in total. The third-order valence-corrected chi connectivity index (χ3v) is 5.38. The van der Waals surface area contributed by atoms with Crippen molar-refractivity contribution in [3.8, 4) is 5.75 Å². The van der Waals surface area contributed by atoms with E-state index < -0.39 is 0 Å². The van der Waals surface area contributed by atoms with Gasteiger partial charge >= 0.3 is 0 Å². The topological polar surface area (TPSA) is 54.6 Å². The quantitative estimate of drug-likeness (QED) is 0.775. The second kappa shape index (κ2) is 9.72. The SMILES string of the molecule is COc1ccc(N(Cc2cccnc2)C2CCN(CCC(C)N)CC2)cc1. The van der Waals surface area contributed by atoms with Crippen molar-refractivity contribution in [2.75, 3.05) is 31.6 Å². The molecule has 146 valence electrons. The Balaban J connectivity index is 1.70. The first-order chi connectivity index (χ1) is 13.2. The average molecular weight is 369 g/mol. The number of benzene rings is 1. The Bertz CT molecular complexity index is 666. The van der Waals surface area contributed by atoms with Gasteiger partial charge in [-0.25, -0.2) is 0 Å². The largest absolute Gasteiger partial charge is 0.497 e. The van der Waals surface area contributed by atoms with Crippen LogP contribution in [0, 0.1) is 0 Å². The van der Waals surface area contributed by atoms with Gasteiger partial charge < -0.3 is 20.3 Å². The predicted octanol–water partition coefficient (Wildman–Crippen LogP) is 3.30. The highest BCUT2D eigenvalue weighted by molar-refractivity contribution is 5.50. The maximum absolute atomic E-state index is 5.92. The van der Waals surface area contributed by atoms with Gasteiger partial charge in [-0.3, -0.25) is 4.98 Å². The van der Waals surface area contributed by atoms with Crippen LogP contribution in [0.15, 0.2) is 48.8 Å². The number of piperidine rings is 1. The van der Waals surface area contributed by atoms with E-state index in [1.807, 2.05) is 30.6 Å². The van der Waals surface area contributed by atoms with E-state index in [-0.39, 0.29) is 6.04 Å². The number of methoxy groups -OCH3 is 1. The van der Waals surface area contributed by atoms with Crippen LogP contribution < -0.4 is 15.4 Å². The molecule has 2 heterocycles. The van der Waals surface area contributed by atoms with Crippen LogP contribution in [0.4, 0.5) is 5.69 Å². The fraction of sp³-hybridized carbons (Fsp3) is 0.500. The summed E-state index contributed by atoms with van der Waals surface area (Å²) >= 11 is 0. The number of hydrogen-bond donors (Lipinski definition) is 1. The number of anilines is 1. The second-order valence-electron chi connectivity index (χ2n) is 7.53. The summed E-state index contributed by atoms with van der Waals surface area (Å²) < 4.78 is 5.33.